The molecule has 2 N–H and O–H groups in total. The monoisotopic (exact) mass is 569 g/mol. The van der Waals surface area contributed by atoms with E-state index in [0.717, 1.165) is 50.3 Å². The number of aromatic nitrogens is 6. The standard InChI is InChI=1S/C23H24IN9O/c1-15-13-16(24)4-5-18(15)31-9-6-30(7-10-31)8-11-32-21-17(14-26-32)22-27-20(19-3-2-12-34-19)29-33(22)23(25)28-21/h2-5,12-14H,6-11H2,1H3,(H2,25,28). The number of nitrogens with two attached hydrogens (primary N) is 1. The quantitative estimate of drug-likeness (QED) is 0.322. The molecule has 5 aromatic rings. The van der Waals surface area contributed by atoms with Crippen molar-refractivity contribution in [3.8, 4) is 11.6 Å². The highest BCUT2D eigenvalue weighted by Gasteiger charge is 2.20. The van der Waals surface area contributed by atoms with Crippen molar-refractivity contribution in [2.24, 2.45) is 0 Å². The predicted octanol–water partition coefficient (Wildman–Crippen LogP) is 3.05. The molecule has 0 unspecified atom stereocenters. The van der Waals surface area contributed by atoms with Crippen LogP contribution in [0.15, 0.2) is 47.2 Å². The number of nitrogens with zero attached hydrogens (tertiary/aromatic N) is 8. The van der Waals surface area contributed by atoms with Crippen molar-refractivity contribution in [3.05, 3.63) is 51.9 Å². The number of piperazine rings is 1. The van der Waals surface area contributed by atoms with Crippen molar-refractivity contribution in [3.63, 3.8) is 0 Å². The topological polar surface area (TPSA) is 107 Å². The van der Waals surface area contributed by atoms with Gasteiger partial charge in [0.1, 0.15) is 0 Å². The molecular weight excluding hydrogens is 545 g/mol. The maximum Gasteiger partial charge on any atom is 0.225 e. The molecule has 0 amide bonds. The second-order valence-electron chi connectivity index (χ2n) is 8.48. The zero-order chi connectivity index (χ0) is 23.2. The lowest BCUT2D eigenvalue weighted by Gasteiger charge is -2.36. The van der Waals surface area contributed by atoms with E-state index < -0.39 is 0 Å². The number of aryl methyl sites for hydroxylation is 1. The molecule has 0 atom stereocenters. The highest BCUT2D eigenvalue weighted by molar-refractivity contribution is 14.1. The van der Waals surface area contributed by atoms with Crippen molar-refractivity contribution >= 4 is 50.9 Å². The molecule has 4 aromatic heterocycles. The van der Waals surface area contributed by atoms with Crippen LogP contribution in [0, 0.1) is 10.5 Å². The molecule has 0 spiro atoms. The lowest BCUT2D eigenvalue weighted by molar-refractivity contribution is 0.245. The minimum atomic E-state index is 0.274. The third-order valence-corrected chi connectivity index (χ3v) is 7.01. The third kappa shape index (κ3) is 3.78. The van der Waals surface area contributed by atoms with Gasteiger partial charge in [0, 0.05) is 42.0 Å². The first-order valence-electron chi connectivity index (χ1n) is 11.2. The summed E-state index contributed by atoms with van der Waals surface area (Å²) in [6, 6.07) is 10.3. The summed E-state index contributed by atoms with van der Waals surface area (Å²) in [6.45, 7) is 7.88. The van der Waals surface area contributed by atoms with Crippen LogP contribution in [0.5, 0.6) is 0 Å². The number of rotatable bonds is 5. The first kappa shape index (κ1) is 21.4. The number of hydrogen-bond donors (Lipinski definition) is 1. The van der Waals surface area contributed by atoms with E-state index in [-0.39, 0.29) is 5.95 Å². The van der Waals surface area contributed by atoms with Crippen molar-refractivity contribution < 1.29 is 4.42 Å². The van der Waals surface area contributed by atoms with Gasteiger partial charge in [0.15, 0.2) is 17.1 Å². The first-order valence-corrected chi connectivity index (χ1v) is 12.3. The second-order valence-corrected chi connectivity index (χ2v) is 9.73. The summed E-state index contributed by atoms with van der Waals surface area (Å²) >= 11 is 2.37. The Kier molecular flexibility index (Phi) is 5.37. The van der Waals surface area contributed by atoms with Gasteiger partial charge in [-0.2, -0.15) is 14.6 Å². The SMILES string of the molecule is Cc1cc(I)ccc1N1CCN(CCn2ncc3c2nc(N)n2nc(-c4ccco4)nc32)CC1. The molecule has 1 aliphatic rings. The van der Waals surface area contributed by atoms with Gasteiger partial charge in [-0.25, -0.2) is 9.67 Å². The highest BCUT2D eigenvalue weighted by Crippen LogP contribution is 2.25. The number of fused-ring (bicyclic) bond motifs is 3. The molecule has 0 radical (unpaired) electrons. The Labute approximate surface area is 209 Å². The van der Waals surface area contributed by atoms with Crippen LogP contribution in [-0.2, 0) is 6.54 Å². The average molecular weight is 569 g/mol. The Balaban J connectivity index is 1.17. The Hall–Kier alpha value is -3.19. The van der Waals surface area contributed by atoms with Crippen LogP contribution in [0.4, 0.5) is 11.6 Å². The molecule has 11 heteroatoms. The number of anilines is 2. The fourth-order valence-corrected chi connectivity index (χ4v) is 5.20. The lowest BCUT2D eigenvalue weighted by atomic mass is 10.1. The summed E-state index contributed by atoms with van der Waals surface area (Å²) in [7, 11) is 0. The van der Waals surface area contributed by atoms with E-state index in [0.29, 0.717) is 17.2 Å². The van der Waals surface area contributed by atoms with Gasteiger partial charge in [0.2, 0.25) is 11.8 Å². The maximum atomic E-state index is 6.21. The Bertz CT molecular complexity index is 1470. The largest absolute Gasteiger partial charge is 0.461 e. The fraction of sp³-hybridized carbons (Fsp3) is 0.304. The minimum Gasteiger partial charge on any atom is -0.461 e. The van der Waals surface area contributed by atoms with Crippen molar-refractivity contribution in [2.75, 3.05) is 43.4 Å². The van der Waals surface area contributed by atoms with Crippen LogP contribution in [0.3, 0.4) is 0 Å². The molecule has 1 saturated heterocycles. The average Bonchev–Trinajstić information content (AvgIpc) is 3.58. The van der Waals surface area contributed by atoms with Gasteiger partial charge in [-0.05, 0) is 65.4 Å². The number of nitrogen functional groups attached to an aromatic ring is 1. The number of benzene rings is 1. The molecule has 5 heterocycles. The lowest BCUT2D eigenvalue weighted by Crippen LogP contribution is -2.47. The van der Waals surface area contributed by atoms with Gasteiger partial charge in [-0.1, -0.05) is 0 Å². The molecule has 34 heavy (non-hydrogen) atoms. The molecule has 1 aromatic carbocycles. The van der Waals surface area contributed by atoms with E-state index in [1.165, 1.54) is 19.3 Å². The first-order chi connectivity index (χ1) is 16.6. The van der Waals surface area contributed by atoms with Crippen LogP contribution in [0.25, 0.3) is 28.3 Å². The van der Waals surface area contributed by atoms with E-state index in [9.17, 15) is 0 Å². The van der Waals surface area contributed by atoms with Crippen LogP contribution < -0.4 is 10.6 Å². The van der Waals surface area contributed by atoms with E-state index in [4.69, 9.17) is 10.2 Å². The van der Waals surface area contributed by atoms with Crippen LogP contribution in [0.1, 0.15) is 5.56 Å². The molecule has 0 saturated carbocycles. The second kappa shape index (κ2) is 8.55. The highest BCUT2D eigenvalue weighted by atomic mass is 127. The molecule has 0 aliphatic carbocycles. The summed E-state index contributed by atoms with van der Waals surface area (Å²) in [5, 5.41) is 9.85. The molecule has 174 valence electrons. The minimum absolute atomic E-state index is 0.274. The summed E-state index contributed by atoms with van der Waals surface area (Å²) in [6.07, 6.45) is 3.38. The number of halogens is 1. The molecule has 1 fully saturated rings. The summed E-state index contributed by atoms with van der Waals surface area (Å²) in [5.41, 5.74) is 10.2. The fourth-order valence-electron chi connectivity index (χ4n) is 4.55. The normalized spacial score (nSPS) is 15.1. The van der Waals surface area contributed by atoms with Gasteiger partial charge in [0.25, 0.3) is 0 Å². The zero-order valence-electron chi connectivity index (χ0n) is 18.7. The van der Waals surface area contributed by atoms with Crippen molar-refractivity contribution in [1.29, 1.82) is 0 Å². The molecule has 10 nitrogen and oxygen atoms in total. The van der Waals surface area contributed by atoms with Gasteiger partial charge in [-0.3, -0.25) is 4.90 Å². The van der Waals surface area contributed by atoms with Gasteiger partial charge >= 0.3 is 0 Å². The van der Waals surface area contributed by atoms with Gasteiger partial charge in [-0.15, -0.1) is 5.10 Å². The van der Waals surface area contributed by atoms with Crippen LogP contribution in [-0.4, -0.2) is 67.0 Å². The molecule has 6 rings (SSSR count). The number of furan rings is 1. The van der Waals surface area contributed by atoms with E-state index in [1.54, 1.807) is 18.5 Å². The Morgan fingerprint density at radius 1 is 1.06 bits per heavy atom. The van der Waals surface area contributed by atoms with Crippen molar-refractivity contribution in [2.45, 2.75) is 13.5 Å². The van der Waals surface area contributed by atoms with Crippen LogP contribution >= 0.6 is 22.6 Å². The third-order valence-electron chi connectivity index (χ3n) is 6.34. The molecular formula is C23H24IN9O. The zero-order valence-corrected chi connectivity index (χ0v) is 20.9. The Morgan fingerprint density at radius 3 is 2.68 bits per heavy atom. The summed E-state index contributed by atoms with van der Waals surface area (Å²) < 4.78 is 10.2. The Morgan fingerprint density at radius 2 is 1.91 bits per heavy atom. The van der Waals surface area contributed by atoms with E-state index in [1.807, 2.05) is 10.7 Å². The van der Waals surface area contributed by atoms with E-state index in [2.05, 4.69) is 77.7 Å². The van der Waals surface area contributed by atoms with Gasteiger partial charge < -0.3 is 15.1 Å². The van der Waals surface area contributed by atoms with Gasteiger partial charge in [0.05, 0.1) is 24.4 Å². The van der Waals surface area contributed by atoms with Crippen molar-refractivity contribution in [1.82, 2.24) is 34.3 Å². The maximum absolute atomic E-state index is 6.21. The number of hydrogen-bond acceptors (Lipinski definition) is 8. The van der Waals surface area contributed by atoms with Crippen LogP contribution in [0.2, 0.25) is 0 Å². The summed E-state index contributed by atoms with van der Waals surface area (Å²) in [4.78, 5) is 14.1. The summed E-state index contributed by atoms with van der Waals surface area (Å²) in [5.74, 6) is 1.33. The smallest absolute Gasteiger partial charge is 0.225 e. The van der Waals surface area contributed by atoms with E-state index >= 15 is 0 Å². The predicted molar refractivity (Wildman–Crippen MR) is 139 cm³/mol. The molecule has 0 bridgehead atoms. The molecule has 1 aliphatic heterocycles.